The van der Waals surface area contributed by atoms with Crippen LogP contribution in [0, 0.1) is 5.92 Å². The van der Waals surface area contributed by atoms with E-state index in [1.165, 1.54) is 24.3 Å². The fourth-order valence-corrected chi connectivity index (χ4v) is 7.06. The fraction of sp³-hybridized carbons (Fsp3) is 0.367. The lowest BCUT2D eigenvalue weighted by Gasteiger charge is -2.42. The van der Waals surface area contributed by atoms with Crippen LogP contribution in [0.5, 0.6) is 5.75 Å². The van der Waals surface area contributed by atoms with Crippen LogP contribution in [0.1, 0.15) is 50.7 Å². The molecule has 1 N–H and O–H groups in total. The van der Waals surface area contributed by atoms with Crippen molar-refractivity contribution in [3.05, 3.63) is 96.1 Å². The van der Waals surface area contributed by atoms with Crippen molar-refractivity contribution >= 4 is 15.9 Å². The Kier molecular flexibility index (Phi) is 8.35. The number of piperidine rings is 1. The first-order valence-electron chi connectivity index (χ1n) is 12.9. The van der Waals surface area contributed by atoms with Crippen LogP contribution in [0.15, 0.2) is 89.8 Å². The van der Waals surface area contributed by atoms with E-state index in [1.807, 2.05) is 74.5 Å². The Morgan fingerprint density at radius 1 is 0.892 bits per heavy atom. The summed E-state index contributed by atoms with van der Waals surface area (Å²) in [4.78, 5) is 14.7. The van der Waals surface area contributed by atoms with E-state index in [-0.39, 0.29) is 10.8 Å². The monoisotopic (exact) mass is 521 g/mol. The lowest BCUT2D eigenvalue weighted by Crippen LogP contribution is -2.46. The highest BCUT2D eigenvalue weighted by Crippen LogP contribution is 2.42. The molecule has 1 aliphatic rings. The van der Waals surface area contributed by atoms with E-state index in [1.54, 1.807) is 4.90 Å². The van der Waals surface area contributed by atoms with Crippen LogP contribution in [-0.4, -0.2) is 42.9 Å². The Balaban J connectivity index is 1.43. The molecular formula is C30H35NO5S. The molecule has 1 saturated heterocycles. The van der Waals surface area contributed by atoms with Gasteiger partial charge >= 0.3 is 6.09 Å². The molecule has 3 aromatic carbocycles. The standard InChI is InChI=1S/C30H35NO5S/c1-3-27(4-2)37(34,35)28-17-15-26(16-18-28)36-29(32)31-21-19-25(20-22-31)30(33,23-11-7-5-8-12-23)24-13-9-6-10-14-24/h5-18,25,27,33H,3-4,19-22H2,1-2H3. The van der Waals surface area contributed by atoms with E-state index >= 15 is 0 Å². The largest absolute Gasteiger partial charge is 0.415 e. The number of likely N-dealkylation sites (tertiary alicyclic amines) is 1. The second-order valence-corrected chi connectivity index (χ2v) is 11.8. The Bertz CT molecular complexity index is 1230. The van der Waals surface area contributed by atoms with Gasteiger partial charge in [0.25, 0.3) is 0 Å². The maximum Gasteiger partial charge on any atom is 0.415 e. The maximum absolute atomic E-state index is 12.9. The quantitative estimate of drug-likeness (QED) is 0.405. The molecule has 0 saturated carbocycles. The van der Waals surface area contributed by atoms with Crippen LogP contribution in [-0.2, 0) is 15.4 Å². The van der Waals surface area contributed by atoms with Crippen LogP contribution in [0.3, 0.4) is 0 Å². The minimum Gasteiger partial charge on any atom is -0.410 e. The average molecular weight is 522 g/mol. The van der Waals surface area contributed by atoms with E-state index in [4.69, 9.17) is 4.74 Å². The smallest absolute Gasteiger partial charge is 0.410 e. The van der Waals surface area contributed by atoms with Gasteiger partial charge in [-0.15, -0.1) is 0 Å². The molecule has 0 atom stereocenters. The van der Waals surface area contributed by atoms with Crippen molar-refractivity contribution in [2.45, 2.75) is 55.3 Å². The molecule has 4 rings (SSSR count). The molecule has 1 amide bonds. The fourth-order valence-electron chi connectivity index (χ4n) is 5.29. The molecule has 0 spiro atoms. The molecule has 37 heavy (non-hydrogen) atoms. The highest BCUT2D eigenvalue weighted by molar-refractivity contribution is 7.92. The van der Waals surface area contributed by atoms with E-state index in [0.29, 0.717) is 44.5 Å². The van der Waals surface area contributed by atoms with Gasteiger partial charge in [-0.1, -0.05) is 74.5 Å². The zero-order valence-corrected chi connectivity index (χ0v) is 22.2. The first kappa shape index (κ1) is 26.9. The van der Waals surface area contributed by atoms with E-state index in [0.717, 1.165) is 11.1 Å². The van der Waals surface area contributed by atoms with Crippen molar-refractivity contribution < 1.29 is 23.1 Å². The molecule has 0 bridgehead atoms. The first-order valence-corrected chi connectivity index (χ1v) is 14.5. The third kappa shape index (κ3) is 5.58. The van der Waals surface area contributed by atoms with Gasteiger partial charge < -0.3 is 14.7 Å². The number of nitrogens with zero attached hydrogens (tertiary/aromatic N) is 1. The summed E-state index contributed by atoms with van der Waals surface area (Å²) < 4.78 is 31.1. The zero-order valence-electron chi connectivity index (χ0n) is 21.4. The van der Waals surface area contributed by atoms with Crippen LogP contribution in [0.4, 0.5) is 4.79 Å². The molecule has 196 valence electrons. The number of carbonyl (C=O) groups excluding carboxylic acids is 1. The number of hydrogen-bond acceptors (Lipinski definition) is 5. The Morgan fingerprint density at radius 3 is 1.84 bits per heavy atom. The minimum atomic E-state index is -3.41. The highest BCUT2D eigenvalue weighted by atomic mass is 32.2. The predicted molar refractivity (Wildman–Crippen MR) is 144 cm³/mol. The molecule has 1 aliphatic heterocycles. The number of benzene rings is 3. The van der Waals surface area contributed by atoms with Crippen molar-refractivity contribution in [1.82, 2.24) is 4.90 Å². The molecule has 3 aromatic rings. The summed E-state index contributed by atoms with van der Waals surface area (Å²) in [6.45, 7) is 4.64. The number of ether oxygens (including phenoxy) is 1. The van der Waals surface area contributed by atoms with Gasteiger partial charge in [-0.3, -0.25) is 0 Å². The van der Waals surface area contributed by atoms with Crippen LogP contribution >= 0.6 is 0 Å². The maximum atomic E-state index is 12.9. The SMILES string of the molecule is CCC(CC)S(=O)(=O)c1ccc(OC(=O)N2CCC(C(O)(c3ccccc3)c3ccccc3)CC2)cc1. The average Bonchev–Trinajstić information content (AvgIpc) is 2.94. The highest BCUT2D eigenvalue weighted by Gasteiger charge is 2.42. The zero-order chi connectivity index (χ0) is 26.5. The minimum absolute atomic E-state index is 0.0732. The third-order valence-corrected chi connectivity index (χ3v) is 9.95. The topological polar surface area (TPSA) is 83.9 Å². The molecule has 0 unspecified atom stereocenters. The van der Waals surface area contributed by atoms with Crippen LogP contribution in [0.25, 0.3) is 0 Å². The normalized spacial score (nSPS) is 15.1. The Morgan fingerprint density at radius 2 is 1.38 bits per heavy atom. The lowest BCUT2D eigenvalue weighted by molar-refractivity contribution is -0.0115. The first-order chi connectivity index (χ1) is 17.8. The molecule has 0 radical (unpaired) electrons. The predicted octanol–water partition coefficient (Wildman–Crippen LogP) is 5.80. The number of sulfone groups is 1. The number of amides is 1. The number of carbonyl (C=O) groups is 1. The molecule has 6 nitrogen and oxygen atoms in total. The summed E-state index contributed by atoms with van der Waals surface area (Å²) in [5.41, 5.74) is 0.519. The number of rotatable bonds is 8. The van der Waals surface area contributed by atoms with E-state index in [2.05, 4.69) is 0 Å². The summed E-state index contributed by atoms with van der Waals surface area (Å²) in [7, 11) is -3.41. The summed E-state index contributed by atoms with van der Waals surface area (Å²) >= 11 is 0. The summed E-state index contributed by atoms with van der Waals surface area (Å²) in [6.07, 6.45) is 1.85. The molecule has 1 heterocycles. The third-order valence-electron chi connectivity index (χ3n) is 7.48. The molecule has 7 heteroatoms. The van der Waals surface area contributed by atoms with Gasteiger partial charge in [0.05, 0.1) is 10.1 Å². The van der Waals surface area contributed by atoms with E-state index in [9.17, 15) is 18.3 Å². The second kappa shape index (κ2) is 11.5. The van der Waals surface area contributed by atoms with Gasteiger partial charge in [-0.25, -0.2) is 13.2 Å². The molecule has 1 fully saturated rings. The Labute approximate surface area is 219 Å². The van der Waals surface area contributed by atoms with Gasteiger partial charge in [0.1, 0.15) is 11.4 Å². The van der Waals surface area contributed by atoms with Crippen LogP contribution < -0.4 is 4.74 Å². The molecule has 0 aliphatic carbocycles. The molecule has 0 aromatic heterocycles. The van der Waals surface area contributed by atoms with Crippen molar-refractivity contribution in [2.75, 3.05) is 13.1 Å². The second-order valence-electron chi connectivity index (χ2n) is 9.58. The van der Waals surface area contributed by atoms with Crippen molar-refractivity contribution in [2.24, 2.45) is 5.92 Å². The van der Waals surface area contributed by atoms with Crippen LogP contribution in [0.2, 0.25) is 0 Å². The summed E-state index contributed by atoms with van der Waals surface area (Å²) in [5.74, 6) is 0.233. The summed E-state index contributed by atoms with van der Waals surface area (Å²) in [6, 6.07) is 25.4. The van der Waals surface area contributed by atoms with Crippen molar-refractivity contribution in [3.63, 3.8) is 0 Å². The van der Waals surface area contributed by atoms with Gasteiger partial charge in [-0.2, -0.15) is 0 Å². The van der Waals surface area contributed by atoms with Gasteiger partial charge in [-0.05, 0) is 67.0 Å². The van der Waals surface area contributed by atoms with Crippen molar-refractivity contribution in [3.8, 4) is 5.75 Å². The molecular weight excluding hydrogens is 486 g/mol. The van der Waals surface area contributed by atoms with Crippen molar-refractivity contribution in [1.29, 1.82) is 0 Å². The van der Waals surface area contributed by atoms with Gasteiger partial charge in [0, 0.05) is 13.1 Å². The number of aliphatic hydroxyl groups is 1. The van der Waals surface area contributed by atoms with E-state index < -0.39 is 26.8 Å². The lowest BCUT2D eigenvalue weighted by atomic mass is 9.72. The summed E-state index contributed by atoms with van der Waals surface area (Å²) in [5, 5.41) is 11.6. The Hall–Kier alpha value is -3.16. The van der Waals surface area contributed by atoms with Gasteiger partial charge in [0.15, 0.2) is 9.84 Å². The number of hydrogen-bond donors (Lipinski definition) is 1. The van der Waals surface area contributed by atoms with Gasteiger partial charge in [0.2, 0.25) is 0 Å².